The van der Waals surface area contributed by atoms with Crippen molar-refractivity contribution in [3.05, 3.63) is 81.5 Å². The van der Waals surface area contributed by atoms with Gasteiger partial charge in [-0.1, -0.05) is 24.3 Å². The number of hydrogen-bond acceptors (Lipinski definition) is 6. The summed E-state index contributed by atoms with van der Waals surface area (Å²) in [5.74, 6) is -0.841. The molecule has 6 nitrogen and oxygen atoms in total. The van der Waals surface area contributed by atoms with Crippen molar-refractivity contribution in [2.75, 3.05) is 0 Å². The van der Waals surface area contributed by atoms with E-state index in [2.05, 4.69) is 4.74 Å². The van der Waals surface area contributed by atoms with Crippen molar-refractivity contribution >= 4 is 11.0 Å². The van der Waals surface area contributed by atoms with Gasteiger partial charge >= 0.3 is 12.2 Å². The molecule has 0 spiro atoms. The van der Waals surface area contributed by atoms with Crippen molar-refractivity contribution in [3.63, 3.8) is 0 Å². The molecule has 4 rings (SSSR count). The Balaban J connectivity index is 1.93. The Morgan fingerprint density at radius 2 is 1.86 bits per heavy atom. The van der Waals surface area contributed by atoms with Gasteiger partial charge in [-0.15, -0.1) is 0 Å². The van der Waals surface area contributed by atoms with Gasteiger partial charge in [-0.05, 0) is 29.8 Å². The molecule has 0 saturated carbocycles. The third kappa shape index (κ3) is 2.83. The highest BCUT2D eigenvalue weighted by Crippen LogP contribution is 2.43. The van der Waals surface area contributed by atoms with Gasteiger partial charge in [0.2, 0.25) is 5.88 Å². The number of para-hydroxylation sites is 1. The molecule has 0 unspecified atom stereocenters. The molecule has 140 valence electrons. The largest absolute Gasteiger partial charge is 0.439 e. The molecule has 2 heterocycles. The summed E-state index contributed by atoms with van der Waals surface area (Å²) >= 11 is 0. The summed E-state index contributed by atoms with van der Waals surface area (Å²) in [4.78, 5) is 12.7. The van der Waals surface area contributed by atoms with Crippen molar-refractivity contribution in [2.45, 2.75) is 12.5 Å². The van der Waals surface area contributed by atoms with Gasteiger partial charge in [0.25, 0.3) is 0 Å². The zero-order valence-corrected chi connectivity index (χ0v) is 14.2. The number of hydrogen-bond donors (Lipinski definition) is 1. The van der Waals surface area contributed by atoms with E-state index in [-0.39, 0.29) is 28.5 Å². The Hall–Kier alpha value is -3.86. The summed E-state index contributed by atoms with van der Waals surface area (Å²) in [5.41, 5.74) is 6.21. The molecule has 1 atom stereocenters. The number of nitrogens with zero attached hydrogens (tertiary/aromatic N) is 1. The van der Waals surface area contributed by atoms with Crippen molar-refractivity contribution in [1.29, 1.82) is 5.26 Å². The lowest BCUT2D eigenvalue weighted by atomic mass is 9.84. The fraction of sp³-hybridized carbons (Fsp3) is 0.100. The number of ether oxygens (including phenoxy) is 2. The van der Waals surface area contributed by atoms with Crippen LogP contribution in [0.15, 0.2) is 69.2 Å². The summed E-state index contributed by atoms with van der Waals surface area (Å²) in [6, 6.07) is 14.4. The lowest BCUT2D eigenvalue weighted by Gasteiger charge is -2.26. The first-order valence-corrected chi connectivity index (χ1v) is 8.17. The van der Waals surface area contributed by atoms with Gasteiger partial charge in [0.05, 0.1) is 16.9 Å². The van der Waals surface area contributed by atoms with Crippen LogP contribution in [0.3, 0.4) is 0 Å². The molecular formula is C20H12F2N2O4. The van der Waals surface area contributed by atoms with Crippen LogP contribution in [0.25, 0.3) is 11.0 Å². The van der Waals surface area contributed by atoms with Gasteiger partial charge in [0.1, 0.15) is 23.0 Å². The fourth-order valence-electron chi connectivity index (χ4n) is 3.24. The highest BCUT2D eigenvalue weighted by molar-refractivity contribution is 5.86. The van der Waals surface area contributed by atoms with Gasteiger partial charge in [0.15, 0.2) is 5.75 Å². The third-order valence-electron chi connectivity index (χ3n) is 4.41. The first-order valence-electron chi connectivity index (χ1n) is 8.17. The molecule has 0 amide bonds. The number of rotatable bonds is 3. The molecule has 0 saturated heterocycles. The van der Waals surface area contributed by atoms with Crippen LogP contribution < -0.4 is 20.8 Å². The van der Waals surface area contributed by atoms with Gasteiger partial charge in [-0.3, -0.25) is 0 Å². The minimum atomic E-state index is -2.96. The van der Waals surface area contributed by atoms with E-state index in [0.29, 0.717) is 16.5 Å². The molecule has 0 radical (unpaired) electrons. The number of nitriles is 1. The average molecular weight is 382 g/mol. The van der Waals surface area contributed by atoms with E-state index < -0.39 is 18.2 Å². The molecule has 0 fully saturated rings. The molecule has 8 heteroatoms. The predicted octanol–water partition coefficient (Wildman–Crippen LogP) is 3.61. The minimum absolute atomic E-state index is 0.0256. The number of halogens is 2. The average Bonchev–Trinajstić information content (AvgIpc) is 2.67. The third-order valence-corrected chi connectivity index (χ3v) is 4.41. The SMILES string of the molecule is N#CC1=C(N)Oc2c(c(=O)oc3ccccc23)[C@H]1c1ccc(OC(F)F)cc1. The Bertz CT molecular complexity index is 1190. The fourth-order valence-corrected chi connectivity index (χ4v) is 3.24. The quantitative estimate of drug-likeness (QED) is 0.695. The standard InChI is InChI=1S/C20H12F2N2O4/c21-20(22)26-11-7-5-10(6-8-11)15-13(9-23)18(24)28-17-12-3-1-2-4-14(12)27-19(25)16(15)17/h1-8,15,20H,24H2/t15-/m0/s1. The molecule has 28 heavy (non-hydrogen) atoms. The van der Waals surface area contributed by atoms with Crippen molar-refractivity contribution in [2.24, 2.45) is 5.73 Å². The van der Waals surface area contributed by atoms with Gasteiger partial charge in [-0.25, -0.2) is 4.79 Å². The minimum Gasteiger partial charge on any atom is -0.439 e. The second-order valence-electron chi connectivity index (χ2n) is 6.00. The summed E-state index contributed by atoms with van der Waals surface area (Å²) in [6.45, 7) is -2.96. The Morgan fingerprint density at radius 1 is 1.14 bits per heavy atom. The van der Waals surface area contributed by atoms with E-state index in [4.69, 9.17) is 14.9 Å². The van der Waals surface area contributed by atoms with Crippen molar-refractivity contribution in [3.8, 4) is 17.6 Å². The molecule has 1 aliphatic heterocycles. The van der Waals surface area contributed by atoms with Crippen molar-refractivity contribution < 1.29 is 22.7 Å². The van der Waals surface area contributed by atoms with Crippen LogP contribution in [-0.4, -0.2) is 6.61 Å². The summed E-state index contributed by atoms with van der Waals surface area (Å²) in [5, 5.41) is 10.1. The molecule has 3 aromatic rings. The van der Waals surface area contributed by atoms with E-state index in [0.717, 1.165) is 0 Å². The van der Waals surface area contributed by atoms with E-state index in [1.807, 2.05) is 6.07 Å². The topological polar surface area (TPSA) is 98.5 Å². The van der Waals surface area contributed by atoms with Gasteiger partial charge < -0.3 is 19.6 Å². The van der Waals surface area contributed by atoms with Crippen LogP contribution in [-0.2, 0) is 0 Å². The van der Waals surface area contributed by atoms with Crippen LogP contribution in [0, 0.1) is 11.3 Å². The number of allylic oxidation sites excluding steroid dienone is 1. The predicted molar refractivity (Wildman–Crippen MR) is 94.9 cm³/mol. The first kappa shape index (κ1) is 17.5. The van der Waals surface area contributed by atoms with Gasteiger partial charge in [0, 0.05) is 0 Å². The second-order valence-corrected chi connectivity index (χ2v) is 6.00. The highest BCUT2D eigenvalue weighted by Gasteiger charge is 2.35. The van der Waals surface area contributed by atoms with Crippen LogP contribution in [0.2, 0.25) is 0 Å². The maximum Gasteiger partial charge on any atom is 0.387 e. The number of alkyl halides is 2. The molecule has 0 aliphatic carbocycles. The van der Waals surface area contributed by atoms with E-state index in [1.54, 1.807) is 24.3 Å². The molecular weight excluding hydrogens is 370 g/mol. The maximum absolute atomic E-state index is 12.7. The van der Waals surface area contributed by atoms with Crippen LogP contribution in [0.5, 0.6) is 11.5 Å². The molecule has 1 aromatic heterocycles. The van der Waals surface area contributed by atoms with E-state index >= 15 is 0 Å². The second kappa shape index (κ2) is 6.70. The van der Waals surface area contributed by atoms with Crippen LogP contribution in [0.1, 0.15) is 17.0 Å². The Labute approximate surface area is 157 Å². The van der Waals surface area contributed by atoms with Gasteiger partial charge in [-0.2, -0.15) is 14.0 Å². The molecule has 1 aliphatic rings. The zero-order chi connectivity index (χ0) is 19.8. The Morgan fingerprint density at radius 3 is 2.54 bits per heavy atom. The van der Waals surface area contributed by atoms with E-state index in [9.17, 15) is 18.8 Å². The zero-order valence-electron chi connectivity index (χ0n) is 14.2. The lowest BCUT2D eigenvalue weighted by molar-refractivity contribution is -0.0498. The summed E-state index contributed by atoms with van der Waals surface area (Å²) in [7, 11) is 0. The molecule has 2 N–H and O–H groups in total. The number of nitrogens with two attached hydrogens (primary N) is 1. The van der Waals surface area contributed by atoms with Crippen LogP contribution >= 0.6 is 0 Å². The molecule has 0 bridgehead atoms. The maximum atomic E-state index is 12.7. The number of benzene rings is 2. The van der Waals surface area contributed by atoms with Crippen molar-refractivity contribution in [1.82, 2.24) is 0 Å². The lowest BCUT2D eigenvalue weighted by Crippen LogP contribution is -2.26. The summed E-state index contributed by atoms with van der Waals surface area (Å²) in [6.07, 6.45) is 0. The highest BCUT2D eigenvalue weighted by atomic mass is 19.3. The van der Waals surface area contributed by atoms with E-state index in [1.165, 1.54) is 24.3 Å². The smallest absolute Gasteiger partial charge is 0.387 e. The normalized spacial score (nSPS) is 15.9. The summed E-state index contributed by atoms with van der Waals surface area (Å²) < 4.78 is 40.1. The molecule has 2 aromatic carbocycles. The first-order chi connectivity index (χ1) is 13.5. The van der Waals surface area contributed by atoms with Crippen LogP contribution in [0.4, 0.5) is 8.78 Å². The monoisotopic (exact) mass is 382 g/mol. The Kier molecular flexibility index (Phi) is 4.20. The number of fused-ring (bicyclic) bond motifs is 3.